The molecule has 1 heterocycles. The van der Waals surface area contributed by atoms with Gasteiger partial charge in [-0.05, 0) is 5.56 Å². The molecular formula is C10H8N2O. The summed E-state index contributed by atoms with van der Waals surface area (Å²) in [7, 11) is 0. The summed E-state index contributed by atoms with van der Waals surface area (Å²) in [5, 5.41) is 12.4. The highest BCUT2D eigenvalue weighted by Crippen LogP contribution is 2.15. The van der Waals surface area contributed by atoms with Gasteiger partial charge < -0.3 is 4.84 Å². The van der Waals surface area contributed by atoms with Gasteiger partial charge in [0, 0.05) is 6.42 Å². The molecule has 0 saturated heterocycles. The average molecular weight is 172 g/mol. The standard InChI is InChI=1S/C10H8N2O/c11-7-9-6-10(12-13-9)8-4-2-1-3-5-8/h1-5,9H,6H2/t9-/m1/s1. The Hall–Kier alpha value is -1.82. The first-order chi connectivity index (χ1) is 6.40. The summed E-state index contributed by atoms with van der Waals surface area (Å²) >= 11 is 0. The smallest absolute Gasteiger partial charge is 0.218 e. The molecule has 3 heteroatoms. The van der Waals surface area contributed by atoms with Crippen molar-refractivity contribution in [3.8, 4) is 6.07 Å². The van der Waals surface area contributed by atoms with Crippen molar-refractivity contribution in [1.29, 1.82) is 5.26 Å². The predicted molar refractivity (Wildman–Crippen MR) is 48.1 cm³/mol. The minimum Gasteiger partial charge on any atom is -0.376 e. The van der Waals surface area contributed by atoms with Crippen molar-refractivity contribution in [2.75, 3.05) is 0 Å². The van der Waals surface area contributed by atoms with E-state index in [1.807, 2.05) is 36.4 Å². The summed E-state index contributed by atoms with van der Waals surface area (Å²) < 4.78 is 0. The molecule has 0 aliphatic carbocycles. The lowest BCUT2D eigenvalue weighted by Crippen LogP contribution is -2.04. The van der Waals surface area contributed by atoms with Crippen LogP contribution in [-0.2, 0) is 4.84 Å². The Kier molecular flexibility index (Phi) is 1.97. The fourth-order valence-corrected chi connectivity index (χ4v) is 1.25. The first-order valence-corrected chi connectivity index (χ1v) is 4.08. The lowest BCUT2D eigenvalue weighted by Gasteiger charge is -1.95. The molecule has 0 fully saturated rings. The largest absolute Gasteiger partial charge is 0.376 e. The second-order valence-corrected chi connectivity index (χ2v) is 2.83. The first-order valence-electron chi connectivity index (χ1n) is 4.08. The molecule has 0 bridgehead atoms. The van der Waals surface area contributed by atoms with Gasteiger partial charge in [0.25, 0.3) is 0 Å². The maximum Gasteiger partial charge on any atom is 0.218 e. The second kappa shape index (κ2) is 3.28. The van der Waals surface area contributed by atoms with Crippen LogP contribution in [0.15, 0.2) is 35.5 Å². The number of rotatable bonds is 1. The Morgan fingerprint density at radius 3 is 2.77 bits per heavy atom. The summed E-state index contributed by atoms with van der Waals surface area (Å²) in [6.45, 7) is 0. The zero-order valence-corrected chi connectivity index (χ0v) is 6.97. The number of nitriles is 1. The highest BCUT2D eigenvalue weighted by Gasteiger charge is 2.20. The molecule has 0 N–H and O–H groups in total. The quantitative estimate of drug-likeness (QED) is 0.647. The van der Waals surface area contributed by atoms with Crippen LogP contribution in [0.2, 0.25) is 0 Å². The molecule has 1 aliphatic heterocycles. The third-order valence-corrected chi connectivity index (χ3v) is 1.92. The highest BCUT2D eigenvalue weighted by atomic mass is 16.6. The number of benzene rings is 1. The summed E-state index contributed by atoms with van der Waals surface area (Å²) in [6.07, 6.45) is 0.177. The van der Waals surface area contributed by atoms with E-state index in [2.05, 4.69) is 5.16 Å². The van der Waals surface area contributed by atoms with E-state index in [9.17, 15) is 0 Å². The van der Waals surface area contributed by atoms with Crippen molar-refractivity contribution < 1.29 is 4.84 Å². The van der Waals surface area contributed by atoms with E-state index in [0.717, 1.165) is 11.3 Å². The van der Waals surface area contributed by atoms with E-state index < -0.39 is 6.10 Å². The van der Waals surface area contributed by atoms with Crippen LogP contribution in [0, 0.1) is 11.3 Å². The summed E-state index contributed by atoms with van der Waals surface area (Å²) in [6, 6.07) is 11.8. The van der Waals surface area contributed by atoms with E-state index in [0.29, 0.717) is 6.42 Å². The first kappa shape index (κ1) is 7.81. The molecule has 2 rings (SSSR count). The van der Waals surface area contributed by atoms with Crippen LogP contribution in [0.25, 0.3) is 0 Å². The van der Waals surface area contributed by atoms with Crippen molar-refractivity contribution in [3.63, 3.8) is 0 Å². The van der Waals surface area contributed by atoms with E-state index in [-0.39, 0.29) is 0 Å². The van der Waals surface area contributed by atoms with Crippen molar-refractivity contribution in [2.24, 2.45) is 5.16 Å². The molecule has 0 radical (unpaired) electrons. The molecule has 1 aromatic carbocycles. The molecule has 0 aromatic heterocycles. The fraction of sp³-hybridized carbons (Fsp3) is 0.200. The zero-order valence-electron chi connectivity index (χ0n) is 6.97. The van der Waals surface area contributed by atoms with Gasteiger partial charge in [0.2, 0.25) is 6.10 Å². The van der Waals surface area contributed by atoms with Gasteiger partial charge in [-0.2, -0.15) is 5.26 Å². The maximum atomic E-state index is 8.58. The fourth-order valence-electron chi connectivity index (χ4n) is 1.25. The van der Waals surface area contributed by atoms with Gasteiger partial charge in [-0.15, -0.1) is 0 Å². The van der Waals surface area contributed by atoms with Gasteiger partial charge in [0.05, 0.1) is 5.71 Å². The van der Waals surface area contributed by atoms with Crippen LogP contribution in [0.3, 0.4) is 0 Å². The molecule has 3 nitrogen and oxygen atoms in total. The molecule has 1 aliphatic rings. The molecule has 0 spiro atoms. The molecule has 64 valence electrons. The van der Waals surface area contributed by atoms with Gasteiger partial charge in [-0.1, -0.05) is 35.5 Å². The zero-order chi connectivity index (χ0) is 9.10. The normalized spacial score (nSPS) is 20.2. The summed E-state index contributed by atoms with van der Waals surface area (Å²) in [4.78, 5) is 4.90. The Balaban J connectivity index is 2.18. The molecule has 1 aromatic rings. The number of oxime groups is 1. The third kappa shape index (κ3) is 1.52. The van der Waals surface area contributed by atoms with Crippen LogP contribution in [0.5, 0.6) is 0 Å². The van der Waals surface area contributed by atoms with Crippen LogP contribution >= 0.6 is 0 Å². The minimum absolute atomic E-state index is 0.407. The second-order valence-electron chi connectivity index (χ2n) is 2.83. The van der Waals surface area contributed by atoms with Gasteiger partial charge in [-0.25, -0.2) is 0 Å². The minimum atomic E-state index is -0.407. The molecular weight excluding hydrogens is 164 g/mol. The van der Waals surface area contributed by atoms with Crippen molar-refractivity contribution in [1.82, 2.24) is 0 Å². The average Bonchev–Trinajstić information content (AvgIpc) is 2.67. The van der Waals surface area contributed by atoms with Crippen molar-refractivity contribution >= 4 is 5.71 Å². The van der Waals surface area contributed by atoms with Crippen LogP contribution < -0.4 is 0 Å². The van der Waals surface area contributed by atoms with E-state index in [1.54, 1.807) is 0 Å². The molecule has 13 heavy (non-hydrogen) atoms. The Bertz CT molecular complexity index is 364. The maximum absolute atomic E-state index is 8.58. The SMILES string of the molecule is N#C[C@H]1CC(c2ccccc2)=NO1. The molecule has 0 saturated carbocycles. The third-order valence-electron chi connectivity index (χ3n) is 1.92. The number of hydrogen-bond acceptors (Lipinski definition) is 3. The lowest BCUT2D eigenvalue weighted by molar-refractivity contribution is 0.125. The van der Waals surface area contributed by atoms with E-state index >= 15 is 0 Å². The molecule has 0 unspecified atom stereocenters. The van der Waals surface area contributed by atoms with Crippen LogP contribution in [0.1, 0.15) is 12.0 Å². The van der Waals surface area contributed by atoms with Gasteiger partial charge in [0.1, 0.15) is 6.07 Å². The molecule has 1 atom stereocenters. The van der Waals surface area contributed by atoms with Gasteiger partial charge in [-0.3, -0.25) is 0 Å². The van der Waals surface area contributed by atoms with E-state index in [4.69, 9.17) is 10.1 Å². The van der Waals surface area contributed by atoms with Gasteiger partial charge >= 0.3 is 0 Å². The predicted octanol–water partition coefficient (Wildman–Crippen LogP) is 1.70. The Morgan fingerprint density at radius 1 is 1.38 bits per heavy atom. The van der Waals surface area contributed by atoms with E-state index in [1.165, 1.54) is 0 Å². The van der Waals surface area contributed by atoms with Gasteiger partial charge in [0.15, 0.2) is 0 Å². The van der Waals surface area contributed by atoms with Crippen molar-refractivity contribution in [2.45, 2.75) is 12.5 Å². The van der Waals surface area contributed by atoms with Crippen LogP contribution in [-0.4, -0.2) is 11.8 Å². The van der Waals surface area contributed by atoms with Crippen LogP contribution in [0.4, 0.5) is 0 Å². The Labute approximate surface area is 76.2 Å². The monoisotopic (exact) mass is 172 g/mol. The summed E-state index contributed by atoms with van der Waals surface area (Å²) in [5.41, 5.74) is 1.88. The lowest BCUT2D eigenvalue weighted by atomic mass is 10.1. The highest BCUT2D eigenvalue weighted by molar-refractivity contribution is 6.01. The summed E-state index contributed by atoms with van der Waals surface area (Å²) in [5.74, 6) is 0. The molecule has 0 amide bonds. The number of hydrogen-bond donors (Lipinski definition) is 0. The topological polar surface area (TPSA) is 45.4 Å². The van der Waals surface area contributed by atoms with Crippen molar-refractivity contribution in [3.05, 3.63) is 35.9 Å². The number of nitrogens with zero attached hydrogens (tertiary/aromatic N) is 2. The Morgan fingerprint density at radius 2 is 2.15 bits per heavy atom.